The van der Waals surface area contributed by atoms with Crippen LogP contribution in [-0.2, 0) is 0 Å². The van der Waals surface area contributed by atoms with Crippen molar-refractivity contribution in [2.24, 2.45) is 0 Å². The van der Waals surface area contributed by atoms with Crippen molar-refractivity contribution >= 4 is 32.2 Å². The van der Waals surface area contributed by atoms with Crippen LogP contribution in [0.15, 0.2) is 60.2 Å². The van der Waals surface area contributed by atoms with Crippen molar-refractivity contribution in [3.63, 3.8) is 0 Å². The first-order valence-corrected chi connectivity index (χ1v) is 7.64. The Labute approximate surface area is 126 Å². The number of pyridine rings is 1. The lowest BCUT2D eigenvalue weighted by Gasteiger charge is -2.12. The first-order chi connectivity index (χ1) is 10.4. The molecular weight excluding hydrogens is 278 g/mol. The van der Waals surface area contributed by atoms with Crippen molar-refractivity contribution in [2.75, 3.05) is 7.11 Å². The molecule has 0 radical (unpaired) electrons. The van der Waals surface area contributed by atoms with Crippen molar-refractivity contribution in [3.8, 4) is 16.9 Å². The van der Waals surface area contributed by atoms with E-state index in [1.165, 1.54) is 15.5 Å². The summed E-state index contributed by atoms with van der Waals surface area (Å²) in [6, 6.07) is 14.7. The summed E-state index contributed by atoms with van der Waals surface area (Å²) >= 11 is 1.71. The molecule has 0 saturated heterocycles. The van der Waals surface area contributed by atoms with E-state index in [1.807, 2.05) is 18.5 Å². The van der Waals surface area contributed by atoms with Gasteiger partial charge in [0.25, 0.3) is 0 Å². The Balaban J connectivity index is 2.09. The van der Waals surface area contributed by atoms with E-state index in [9.17, 15) is 0 Å². The lowest BCUT2D eigenvalue weighted by Crippen LogP contribution is -1.90. The van der Waals surface area contributed by atoms with Crippen LogP contribution in [-0.4, -0.2) is 12.1 Å². The zero-order valence-electron chi connectivity index (χ0n) is 11.5. The maximum atomic E-state index is 5.70. The molecule has 0 fully saturated rings. The minimum absolute atomic E-state index is 0.931. The first kappa shape index (κ1) is 12.4. The molecule has 0 bridgehead atoms. The summed E-state index contributed by atoms with van der Waals surface area (Å²) in [4.78, 5) is 4.38. The second-order valence-corrected chi connectivity index (χ2v) is 5.81. The molecule has 0 N–H and O–H groups in total. The molecule has 0 atom stereocenters. The summed E-state index contributed by atoms with van der Waals surface area (Å²) in [6.07, 6.45) is 3.81. The standard InChI is InChI=1S/C18H13NOS/c1-20-17-15(7-6-12-8-9-21-18(12)17)16-11-19-10-13-4-2-3-5-14(13)16/h2-11H,1H3. The van der Waals surface area contributed by atoms with Gasteiger partial charge in [-0.25, -0.2) is 0 Å². The highest BCUT2D eigenvalue weighted by Gasteiger charge is 2.13. The van der Waals surface area contributed by atoms with Gasteiger partial charge in [0.05, 0.1) is 11.8 Å². The minimum Gasteiger partial charge on any atom is -0.495 e. The van der Waals surface area contributed by atoms with Gasteiger partial charge in [-0.15, -0.1) is 11.3 Å². The highest BCUT2D eigenvalue weighted by atomic mass is 32.1. The normalized spacial score (nSPS) is 11.1. The highest BCUT2D eigenvalue weighted by molar-refractivity contribution is 7.17. The van der Waals surface area contributed by atoms with Crippen LogP contribution in [0.3, 0.4) is 0 Å². The Morgan fingerprint density at radius 2 is 1.81 bits per heavy atom. The Kier molecular flexibility index (Phi) is 2.86. The van der Waals surface area contributed by atoms with E-state index in [2.05, 4.69) is 46.8 Å². The van der Waals surface area contributed by atoms with Gasteiger partial charge in [0.1, 0.15) is 5.75 Å². The molecule has 3 heteroatoms. The number of fused-ring (bicyclic) bond motifs is 2. The van der Waals surface area contributed by atoms with Gasteiger partial charge in [-0.1, -0.05) is 30.3 Å². The van der Waals surface area contributed by atoms with Gasteiger partial charge in [0.15, 0.2) is 0 Å². The molecule has 0 aliphatic heterocycles. The van der Waals surface area contributed by atoms with Crippen molar-refractivity contribution in [1.82, 2.24) is 4.98 Å². The topological polar surface area (TPSA) is 22.1 Å². The molecule has 0 unspecified atom stereocenters. The average Bonchev–Trinajstić information content (AvgIpc) is 3.02. The predicted octanol–water partition coefficient (Wildman–Crippen LogP) is 5.13. The third-order valence-corrected chi connectivity index (χ3v) is 4.67. The van der Waals surface area contributed by atoms with Crippen LogP contribution in [0.5, 0.6) is 5.75 Å². The van der Waals surface area contributed by atoms with E-state index in [0.717, 1.165) is 22.3 Å². The molecule has 0 saturated carbocycles. The van der Waals surface area contributed by atoms with Gasteiger partial charge in [-0.05, 0) is 28.3 Å². The number of benzene rings is 2. The molecule has 2 nitrogen and oxygen atoms in total. The van der Waals surface area contributed by atoms with Gasteiger partial charge in [-0.2, -0.15) is 0 Å². The van der Waals surface area contributed by atoms with Crippen molar-refractivity contribution in [3.05, 3.63) is 60.2 Å². The van der Waals surface area contributed by atoms with Gasteiger partial charge < -0.3 is 4.74 Å². The maximum absolute atomic E-state index is 5.70. The van der Waals surface area contributed by atoms with E-state index in [4.69, 9.17) is 4.74 Å². The summed E-state index contributed by atoms with van der Waals surface area (Å²) in [7, 11) is 1.73. The van der Waals surface area contributed by atoms with Crippen LogP contribution in [0.25, 0.3) is 32.0 Å². The number of aromatic nitrogens is 1. The number of hydrogen-bond donors (Lipinski definition) is 0. The van der Waals surface area contributed by atoms with Gasteiger partial charge in [-0.3, -0.25) is 4.98 Å². The van der Waals surface area contributed by atoms with Crippen LogP contribution in [0.1, 0.15) is 0 Å². The van der Waals surface area contributed by atoms with Crippen LogP contribution < -0.4 is 4.74 Å². The first-order valence-electron chi connectivity index (χ1n) is 6.76. The molecule has 4 aromatic rings. The minimum atomic E-state index is 0.931. The Hall–Kier alpha value is -2.39. The second-order valence-electron chi connectivity index (χ2n) is 4.89. The molecule has 102 valence electrons. The van der Waals surface area contributed by atoms with Crippen molar-refractivity contribution in [1.29, 1.82) is 0 Å². The molecule has 0 aliphatic carbocycles. The molecule has 21 heavy (non-hydrogen) atoms. The monoisotopic (exact) mass is 291 g/mol. The van der Waals surface area contributed by atoms with Crippen molar-refractivity contribution in [2.45, 2.75) is 0 Å². The fourth-order valence-electron chi connectivity index (χ4n) is 2.75. The van der Waals surface area contributed by atoms with E-state index in [0.29, 0.717) is 0 Å². The van der Waals surface area contributed by atoms with Gasteiger partial charge >= 0.3 is 0 Å². The summed E-state index contributed by atoms with van der Waals surface area (Å²) in [5, 5.41) is 5.65. The summed E-state index contributed by atoms with van der Waals surface area (Å²) < 4.78 is 6.89. The van der Waals surface area contributed by atoms with Gasteiger partial charge in [0, 0.05) is 28.9 Å². The number of methoxy groups -OCH3 is 1. The molecule has 0 aliphatic rings. The lowest BCUT2D eigenvalue weighted by atomic mass is 9.99. The summed E-state index contributed by atoms with van der Waals surface area (Å²) in [6.45, 7) is 0. The zero-order valence-corrected chi connectivity index (χ0v) is 12.4. The molecule has 4 rings (SSSR count). The Morgan fingerprint density at radius 1 is 0.905 bits per heavy atom. The van der Waals surface area contributed by atoms with Gasteiger partial charge in [0.2, 0.25) is 0 Å². The van der Waals surface area contributed by atoms with E-state index in [1.54, 1.807) is 18.4 Å². The Morgan fingerprint density at radius 3 is 2.71 bits per heavy atom. The fraction of sp³-hybridized carbons (Fsp3) is 0.0556. The third-order valence-electron chi connectivity index (χ3n) is 3.74. The molecule has 2 aromatic carbocycles. The lowest BCUT2D eigenvalue weighted by molar-refractivity contribution is 0.422. The summed E-state index contributed by atoms with van der Waals surface area (Å²) in [5.74, 6) is 0.931. The number of thiophene rings is 1. The van der Waals surface area contributed by atoms with Crippen LogP contribution in [0.2, 0.25) is 0 Å². The van der Waals surface area contributed by atoms with Crippen LogP contribution in [0.4, 0.5) is 0 Å². The quantitative estimate of drug-likeness (QED) is 0.511. The average molecular weight is 291 g/mol. The molecular formula is C18H13NOS. The predicted molar refractivity (Wildman–Crippen MR) is 89.1 cm³/mol. The van der Waals surface area contributed by atoms with E-state index >= 15 is 0 Å². The zero-order chi connectivity index (χ0) is 14.2. The number of hydrogen-bond acceptors (Lipinski definition) is 3. The molecule has 2 aromatic heterocycles. The smallest absolute Gasteiger partial charge is 0.144 e. The number of ether oxygens (including phenoxy) is 1. The largest absolute Gasteiger partial charge is 0.495 e. The molecule has 0 spiro atoms. The van der Waals surface area contributed by atoms with E-state index < -0.39 is 0 Å². The molecule has 2 heterocycles. The van der Waals surface area contributed by atoms with E-state index in [-0.39, 0.29) is 0 Å². The third kappa shape index (κ3) is 1.89. The number of rotatable bonds is 2. The Bertz CT molecular complexity index is 937. The molecule has 0 amide bonds. The fourth-order valence-corrected chi connectivity index (χ4v) is 3.68. The second kappa shape index (κ2) is 4.86. The highest BCUT2D eigenvalue weighted by Crippen LogP contribution is 2.41. The summed E-state index contributed by atoms with van der Waals surface area (Å²) in [5.41, 5.74) is 2.21. The van der Waals surface area contributed by atoms with Crippen molar-refractivity contribution < 1.29 is 4.74 Å². The SMILES string of the molecule is COc1c(-c2cncc3ccccc23)ccc2ccsc12. The number of nitrogens with zero attached hydrogens (tertiary/aromatic N) is 1. The van der Waals surface area contributed by atoms with Crippen LogP contribution >= 0.6 is 11.3 Å². The maximum Gasteiger partial charge on any atom is 0.144 e. The van der Waals surface area contributed by atoms with Crippen LogP contribution in [0, 0.1) is 0 Å².